The highest BCUT2D eigenvalue weighted by atomic mass is 16.5. The number of nitrogens with zero attached hydrogens (tertiary/aromatic N) is 3. The normalized spacial score (nSPS) is 10.7. The van der Waals surface area contributed by atoms with Gasteiger partial charge < -0.3 is 10.5 Å². The fourth-order valence-electron chi connectivity index (χ4n) is 2.10. The highest BCUT2D eigenvalue weighted by molar-refractivity contribution is 5.94. The second-order valence-electron chi connectivity index (χ2n) is 4.22. The number of benzene rings is 2. The molecular weight excluding hydrogens is 256 g/mol. The Balaban J connectivity index is 2.22. The van der Waals surface area contributed by atoms with Crippen LogP contribution in [0, 0.1) is 0 Å². The first kappa shape index (κ1) is 12.2. The Hall–Kier alpha value is -2.89. The summed E-state index contributed by atoms with van der Waals surface area (Å²) in [5.41, 5.74) is 6.72. The number of methoxy groups -OCH3 is 1. The van der Waals surface area contributed by atoms with E-state index in [2.05, 4.69) is 15.0 Å². The van der Waals surface area contributed by atoms with Gasteiger partial charge in [0.25, 0.3) is 0 Å². The van der Waals surface area contributed by atoms with Gasteiger partial charge in [-0.05, 0) is 11.5 Å². The smallest absolute Gasteiger partial charge is 0.362 e. The van der Waals surface area contributed by atoms with E-state index < -0.39 is 5.97 Å². The van der Waals surface area contributed by atoms with Crippen LogP contribution in [0.25, 0.3) is 16.5 Å². The molecule has 2 N–H and O–H groups in total. The molecule has 20 heavy (non-hydrogen) atoms. The first-order chi connectivity index (χ1) is 9.72. The number of rotatable bonds is 2. The lowest BCUT2D eigenvalue weighted by atomic mass is 10.1. The average Bonchev–Trinajstić information content (AvgIpc) is 2.87. The number of fused-ring (bicyclic) bond motifs is 1. The van der Waals surface area contributed by atoms with Crippen molar-refractivity contribution in [1.82, 2.24) is 15.0 Å². The van der Waals surface area contributed by atoms with E-state index in [4.69, 9.17) is 5.73 Å². The first-order valence-corrected chi connectivity index (χ1v) is 6.00. The van der Waals surface area contributed by atoms with Crippen LogP contribution < -0.4 is 5.73 Å². The number of anilines is 1. The highest BCUT2D eigenvalue weighted by Gasteiger charge is 2.19. The van der Waals surface area contributed by atoms with E-state index in [0.717, 1.165) is 16.5 Å². The van der Waals surface area contributed by atoms with Crippen molar-refractivity contribution >= 4 is 22.6 Å². The van der Waals surface area contributed by atoms with Crippen molar-refractivity contribution < 1.29 is 9.53 Å². The van der Waals surface area contributed by atoms with Gasteiger partial charge in [-0.1, -0.05) is 41.6 Å². The fraction of sp³-hybridized carbons (Fsp3) is 0.0714. The standard InChI is InChI=1S/C14H12N4O2/c1-20-14(19)12-13(15)18(17-16-12)11-8-4-6-9-5-2-3-7-10(9)11/h2-8H,15H2,1H3. The minimum atomic E-state index is -0.603. The molecule has 1 heterocycles. The molecule has 100 valence electrons. The highest BCUT2D eigenvalue weighted by Crippen LogP contribution is 2.24. The zero-order chi connectivity index (χ0) is 14.1. The van der Waals surface area contributed by atoms with Gasteiger partial charge >= 0.3 is 5.97 Å². The summed E-state index contributed by atoms with van der Waals surface area (Å²) in [7, 11) is 1.28. The Morgan fingerprint density at radius 1 is 1.20 bits per heavy atom. The van der Waals surface area contributed by atoms with Crippen molar-refractivity contribution in [3.8, 4) is 5.69 Å². The number of hydrogen-bond acceptors (Lipinski definition) is 5. The van der Waals surface area contributed by atoms with Gasteiger partial charge in [0.2, 0.25) is 5.69 Å². The third kappa shape index (κ3) is 1.78. The predicted molar refractivity (Wildman–Crippen MR) is 74.6 cm³/mol. The zero-order valence-electron chi connectivity index (χ0n) is 10.8. The van der Waals surface area contributed by atoms with E-state index in [-0.39, 0.29) is 11.5 Å². The van der Waals surface area contributed by atoms with Crippen LogP contribution in [0.4, 0.5) is 5.82 Å². The summed E-state index contributed by atoms with van der Waals surface area (Å²) < 4.78 is 6.06. The maximum atomic E-state index is 11.5. The maximum Gasteiger partial charge on any atom is 0.362 e. The molecule has 0 aliphatic heterocycles. The van der Waals surface area contributed by atoms with Gasteiger partial charge in [0.05, 0.1) is 12.8 Å². The molecule has 0 bridgehead atoms. The summed E-state index contributed by atoms with van der Waals surface area (Å²) in [6.45, 7) is 0. The molecule has 0 spiro atoms. The molecule has 0 aliphatic rings. The van der Waals surface area contributed by atoms with Gasteiger partial charge in [0.15, 0.2) is 5.82 Å². The molecule has 3 aromatic rings. The van der Waals surface area contributed by atoms with Gasteiger partial charge in [0.1, 0.15) is 0 Å². The van der Waals surface area contributed by atoms with E-state index in [1.54, 1.807) is 0 Å². The molecule has 6 heteroatoms. The summed E-state index contributed by atoms with van der Waals surface area (Å²) in [6.07, 6.45) is 0. The molecule has 0 amide bonds. The third-order valence-corrected chi connectivity index (χ3v) is 3.08. The lowest BCUT2D eigenvalue weighted by molar-refractivity contribution is 0.0595. The molecule has 0 aliphatic carbocycles. The van der Waals surface area contributed by atoms with E-state index in [1.165, 1.54) is 11.8 Å². The molecule has 0 fully saturated rings. The number of carbonyl (C=O) groups is 1. The van der Waals surface area contributed by atoms with Crippen LogP contribution in [0.1, 0.15) is 10.5 Å². The Labute approximate surface area is 114 Å². The Morgan fingerprint density at radius 3 is 2.75 bits per heavy atom. The molecule has 0 saturated carbocycles. The van der Waals surface area contributed by atoms with Crippen molar-refractivity contribution in [2.45, 2.75) is 0 Å². The topological polar surface area (TPSA) is 83.0 Å². The molecule has 0 saturated heterocycles. The molecule has 0 atom stereocenters. The van der Waals surface area contributed by atoms with Crippen LogP contribution in [-0.4, -0.2) is 28.1 Å². The molecular formula is C14H12N4O2. The Bertz CT molecular complexity index is 789. The summed E-state index contributed by atoms with van der Waals surface area (Å²) in [6, 6.07) is 13.6. The second kappa shape index (κ2) is 4.65. The zero-order valence-corrected chi connectivity index (χ0v) is 10.8. The number of esters is 1. The van der Waals surface area contributed by atoms with Crippen LogP contribution >= 0.6 is 0 Å². The lowest BCUT2D eigenvalue weighted by Gasteiger charge is -2.07. The van der Waals surface area contributed by atoms with Crippen LogP contribution in [0.15, 0.2) is 42.5 Å². The number of ether oxygens (including phenoxy) is 1. The predicted octanol–water partition coefficient (Wildman–Crippen LogP) is 1.79. The number of nitrogens with two attached hydrogens (primary N) is 1. The molecule has 2 aromatic carbocycles. The summed E-state index contributed by atoms with van der Waals surface area (Å²) >= 11 is 0. The van der Waals surface area contributed by atoms with E-state index in [0.29, 0.717) is 0 Å². The van der Waals surface area contributed by atoms with Crippen LogP contribution in [0.5, 0.6) is 0 Å². The SMILES string of the molecule is COC(=O)c1nnn(-c2cccc3ccccc23)c1N. The van der Waals surface area contributed by atoms with Crippen molar-refractivity contribution in [2.24, 2.45) is 0 Å². The maximum absolute atomic E-state index is 11.5. The van der Waals surface area contributed by atoms with Gasteiger partial charge in [-0.2, -0.15) is 4.68 Å². The third-order valence-electron chi connectivity index (χ3n) is 3.08. The van der Waals surface area contributed by atoms with Crippen molar-refractivity contribution in [3.05, 3.63) is 48.2 Å². The van der Waals surface area contributed by atoms with Gasteiger partial charge in [-0.15, -0.1) is 5.10 Å². The Kier molecular flexibility index (Phi) is 2.83. The number of aromatic nitrogens is 3. The van der Waals surface area contributed by atoms with E-state index in [9.17, 15) is 4.79 Å². The molecule has 6 nitrogen and oxygen atoms in total. The quantitative estimate of drug-likeness (QED) is 0.716. The van der Waals surface area contributed by atoms with Gasteiger partial charge in [0, 0.05) is 5.39 Å². The summed E-state index contributed by atoms with van der Waals surface area (Å²) in [4.78, 5) is 11.5. The molecule has 3 rings (SSSR count). The number of carbonyl (C=O) groups excluding carboxylic acids is 1. The van der Waals surface area contributed by atoms with E-state index >= 15 is 0 Å². The van der Waals surface area contributed by atoms with Crippen LogP contribution in [-0.2, 0) is 4.74 Å². The lowest BCUT2D eigenvalue weighted by Crippen LogP contribution is -2.08. The van der Waals surface area contributed by atoms with Gasteiger partial charge in [-0.3, -0.25) is 0 Å². The summed E-state index contributed by atoms with van der Waals surface area (Å²) in [5, 5.41) is 9.76. The largest absolute Gasteiger partial charge is 0.464 e. The minimum Gasteiger partial charge on any atom is -0.464 e. The molecule has 0 radical (unpaired) electrons. The van der Waals surface area contributed by atoms with Crippen LogP contribution in [0.3, 0.4) is 0 Å². The summed E-state index contributed by atoms with van der Waals surface area (Å²) in [5.74, 6) is -0.442. The Morgan fingerprint density at radius 2 is 1.95 bits per heavy atom. The monoisotopic (exact) mass is 268 g/mol. The minimum absolute atomic E-state index is 0.0143. The molecule has 1 aromatic heterocycles. The first-order valence-electron chi connectivity index (χ1n) is 6.00. The molecule has 0 unspecified atom stereocenters. The average molecular weight is 268 g/mol. The number of nitrogen functional groups attached to an aromatic ring is 1. The van der Waals surface area contributed by atoms with Crippen molar-refractivity contribution in [2.75, 3.05) is 12.8 Å². The second-order valence-corrected chi connectivity index (χ2v) is 4.22. The van der Waals surface area contributed by atoms with Crippen molar-refractivity contribution in [3.63, 3.8) is 0 Å². The van der Waals surface area contributed by atoms with Crippen molar-refractivity contribution in [1.29, 1.82) is 0 Å². The van der Waals surface area contributed by atoms with Crippen LogP contribution in [0.2, 0.25) is 0 Å². The van der Waals surface area contributed by atoms with E-state index in [1.807, 2.05) is 42.5 Å². The fourth-order valence-corrected chi connectivity index (χ4v) is 2.10. The van der Waals surface area contributed by atoms with Gasteiger partial charge in [-0.25, -0.2) is 4.79 Å². The number of hydrogen-bond donors (Lipinski definition) is 1.